The van der Waals surface area contributed by atoms with Gasteiger partial charge >= 0.3 is 0 Å². The molecule has 2 heterocycles. The molecular formula is C28H28N4O3. The number of aromatic nitrogens is 1. The van der Waals surface area contributed by atoms with E-state index in [1.807, 2.05) is 42.5 Å². The van der Waals surface area contributed by atoms with Crippen LogP contribution in [0.4, 0.5) is 11.4 Å². The van der Waals surface area contributed by atoms with Crippen LogP contribution >= 0.6 is 0 Å². The van der Waals surface area contributed by atoms with Gasteiger partial charge in [0.25, 0.3) is 5.69 Å². The number of piperidine rings is 1. The van der Waals surface area contributed by atoms with Crippen LogP contribution in [0.25, 0.3) is 10.9 Å². The molecule has 0 saturated carbocycles. The highest BCUT2D eigenvalue weighted by molar-refractivity contribution is 6.22. The van der Waals surface area contributed by atoms with Crippen LogP contribution in [0.2, 0.25) is 0 Å². The molecule has 1 saturated heterocycles. The summed E-state index contributed by atoms with van der Waals surface area (Å²) in [7, 11) is 0. The molecule has 178 valence electrons. The lowest BCUT2D eigenvalue weighted by Gasteiger charge is -2.30. The Balaban J connectivity index is 1.52. The highest BCUT2D eigenvalue weighted by atomic mass is 16.6. The molecule has 1 aromatic heterocycles. The number of nitro benzene ring substituents is 1. The van der Waals surface area contributed by atoms with Gasteiger partial charge in [-0.05, 0) is 55.6 Å². The molecule has 0 aliphatic carbocycles. The number of rotatable bonds is 6. The van der Waals surface area contributed by atoms with Gasteiger partial charge in [-0.1, -0.05) is 49.4 Å². The summed E-state index contributed by atoms with van der Waals surface area (Å²) < 4.78 is 0. The molecule has 0 atom stereocenters. The summed E-state index contributed by atoms with van der Waals surface area (Å²) in [6, 6.07) is 22.2. The van der Waals surface area contributed by atoms with E-state index < -0.39 is 4.92 Å². The number of hydrogen-bond acceptors (Lipinski definition) is 5. The van der Waals surface area contributed by atoms with E-state index in [4.69, 9.17) is 4.99 Å². The maximum atomic E-state index is 11.4. The third-order valence-corrected chi connectivity index (χ3v) is 6.72. The van der Waals surface area contributed by atoms with E-state index in [9.17, 15) is 15.2 Å². The normalized spacial score (nSPS) is 15.5. The van der Waals surface area contributed by atoms with Crippen molar-refractivity contribution in [3.05, 3.63) is 99.6 Å². The second-order valence-electron chi connectivity index (χ2n) is 9.29. The minimum Gasteiger partial charge on any atom is -0.494 e. The first-order valence-corrected chi connectivity index (χ1v) is 11.9. The molecule has 0 bridgehead atoms. The number of aromatic hydroxyl groups is 1. The van der Waals surface area contributed by atoms with Gasteiger partial charge in [0.1, 0.15) is 0 Å². The zero-order valence-electron chi connectivity index (χ0n) is 19.6. The van der Waals surface area contributed by atoms with Crippen LogP contribution in [0.15, 0.2) is 77.8 Å². The number of nitrogens with one attached hydrogen (secondary N) is 1. The number of benzene rings is 3. The van der Waals surface area contributed by atoms with Crippen molar-refractivity contribution in [3.63, 3.8) is 0 Å². The lowest BCUT2D eigenvalue weighted by Crippen LogP contribution is -2.32. The molecule has 7 heteroatoms. The van der Waals surface area contributed by atoms with Crippen LogP contribution in [-0.4, -0.2) is 38.7 Å². The Hall–Kier alpha value is -3.97. The van der Waals surface area contributed by atoms with E-state index in [1.165, 1.54) is 30.5 Å². The molecule has 5 rings (SSSR count). The molecule has 3 aromatic carbocycles. The molecule has 2 N–H and O–H groups in total. The van der Waals surface area contributed by atoms with Gasteiger partial charge in [0.05, 0.1) is 21.9 Å². The molecule has 4 aromatic rings. The van der Waals surface area contributed by atoms with Crippen molar-refractivity contribution in [1.82, 2.24) is 9.88 Å². The molecule has 35 heavy (non-hydrogen) atoms. The van der Waals surface area contributed by atoms with Crippen LogP contribution < -0.4 is 0 Å². The quantitative estimate of drug-likeness (QED) is 0.201. The third kappa shape index (κ3) is 4.95. The highest BCUT2D eigenvalue weighted by Gasteiger charge is 2.21. The van der Waals surface area contributed by atoms with Crippen LogP contribution in [0.1, 0.15) is 36.5 Å². The van der Waals surface area contributed by atoms with E-state index in [-0.39, 0.29) is 11.6 Å². The number of fused-ring (bicyclic) bond motifs is 1. The molecule has 1 aliphatic rings. The molecule has 7 nitrogen and oxygen atoms in total. The number of nitro groups is 1. The van der Waals surface area contributed by atoms with Crippen molar-refractivity contribution < 1.29 is 10.0 Å². The van der Waals surface area contributed by atoms with Gasteiger partial charge in [-0.25, -0.2) is 4.99 Å². The predicted octanol–water partition coefficient (Wildman–Crippen LogP) is 6.18. The number of nitrogens with zero attached hydrogens (tertiary/aromatic N) is 3. The lowest BCUT2D eigenvalue weighted by molar-refractivity contribution is -0.384. The average molecular weight is 469 g/mol. The topological polar surface area (TPSA) is 94.8 Å². The first-order chi connectivity index (χ1) is 17.0. The van der Waals surface area contributed by atoms with Crippen LogP contribution in [0, 0.1) is 16.0 Å². The molecule has 1 fully saturated rings. The van der Waals surface area contributed by atoms with Gasteiger partial charge in [0.15, 0.2) is 5.88 Å². The van der Waals surface area contributed by atoms with Gasteiger partial charge in [-0.2, -0.15) is 0 Å². The average Bonchev–Trinajstić information content (AvgIpc) is 3.20. The monoisotopic (exact) mass is 468 g/mol. The summed E-state index contributed by atoms with van der Waals surface area (Å²) in [5, 5.41) is 22.7. The fourth-order valence-electron chi connectivity index (χ4n) is 4.66. The van der Waals surface area contributed by atoms with E-state index in [1.54, 1.807) is 6.07 Å². The lowest BCUT2D eigenvalue weighted by atomic mass is 9.99. The van der Waals surface area contributed by atoms with E-state index >= 15 is 0 Å². The first-order valence-electron chi connectivity index (χ1n) is 11.9. The minimum atomic E-state index is -0.436. The molecule has 1 aliphatic heterocycles. The Labute approximate surface area is 203 Å². The summed E-state index contributed by atoms with van der Waals surface area (Å²) >= 11 is 0. The second-order valence-corrected chi connectivity index (χ2v) is 9.29. The zero-order valence-corrected chi connectivity index (χ0v) is 19.6. The van der Waals surface area contributed by atoms with Crippen molar-refractivity contribution in [2.45, 2.75) is 26.3 Å². The fourth-order valence-corrected chi connectivity index (χ4v) is 4.66. The van der Waals surface area contributed by atoms with Gasteiger partial charge in [-0.15, -0.1) is 0 Å². The van der Waals surface area contributed by atoms with E-state index in [0.29, 0.717) is 22.2 Å². The van der Waals surface area contributed by atoms with Gasteiger partial charge in [0, 0.05) is 35.1 Å². The maximum absolute atomic E-state index is 11.4. The molecule has 0 unspecified atom stereocenters. The van der Waals surface area contributed by atoms with Crippen LogP contribution in [0.3, 0.4) is 0 Å². The van der Waals surface area contributed by atoms with Gasteiger partial charge in [-0.3, -0.25) is 15.0 Å². The Morgan fingerprint density at radius 1 is 1.09 bits per heavy atom. The number of aliphatic imine (C=N–C) groups is 1. The van der Waals surface area contributed by atoms with Crippen molar-refractivity contribution in [2.24, 2.45) is 10.9 Å². The summed E-state index contributed by atoms with van der Waals surface area (Å²) in [5.74, 6) is 0.737. The third-order valence-electron chi connectivity index (χ3n) is 6.72. The predicted molar refractivity (Wildman–Crippen MR) is 138 cm³/mol. The molecule has 0 radical (unpaired) electrons. The Kier molecular flexibility index (Phi) is 6.33. The summed E-state index contributed by atoms with van der Waals surface area (Å²) in [6.45, 7) is 5.50. The van der Waals surface area contributed by atoms with Crippen molar-refractivity contribution in [3.8, 4) is 5.88 Å². The number of H-pyrrole nitrogens is 1. The summed E-state index contributed by atoms with van der Waals surface area (Å²) in [4.78, 5) is 21.3. The molecule has 0 spiro atoms. The van der Waals surface area contributed by atoms with E-state index in [0.717, 1.165) is 36.8 Å². The molecule has 0 amide bonds. The van der Waals surface area contributed by atoms with Crippen molar-refractivity contribution >= 4 is 28.0 Å². The Bertz CT molecular complexity index is 1370. The highest BCUT2D eigenvalue weighted by Crippen LogP contribution is 2.33. The summed E-state index contributed by atoms with van der Waals surface area (Å²) in [6.07, 6.45) is 2.49. The Morgan fingerprint density at radius 2 is 1.80 bits per heavy atom. The van der Waals surface area contributed by atoms with Crippen molar-refractivity contribution in [1.29, 1.82) is 0 Å². The standard InChI is InChI=1S/C28H28N4O3/c1-19-13-15-31(16-14-19)18-20-7-9-22(10-8-20)29-27(21-5-3-2-4-6-21)26-24-17-23(32(34)35)11-12-25(24)30-28(26)33/h2-12,17,19,30,33H,13-16,18H2,1H3. The van der Waals surface area contributed by atoms with Crippen LogP contribution in [0.5, 0.6) is 5.88 Å². The van der Waals surface area contributed by atoms with Gasteiger partial charge < -0.3 is 10.1 Å². The van der Waals surface area contributed by atoms with E-state index in [2.05, 4.69) is 28.9 Å². The fraction of sp³-hybridized carbons (Fsp3) is 0.250. The SMILES string of the molecule is CC1CCN(Cc2ccc(N=C(c3ccccc3)c3c(O)[nH]c4ccc([N+](=O)[O-])cc34)cc2)CC1. The maximum Gasteiger partial charge on any atom is 0.270 e. The number of aromatic amines is 1. The second kappa shape index (κ2) is 9.72. The van der Waals surface area contributed by atoms with Crippen LogP contribution in [-0.2, 0) is 6.54 Å². The van der Waals surface area contributed by atoms with Gasteiger partial charge in [0.2, 0.25) is 0 Å². The smallest absolute Gasteiger partial charge is 0.270 e. The number of non-ortho nitro benzene ring substituents is 1. The van der Waals surface area contributed by atoms with Crippen molar-refractivity contribution in [2.75, 3.05) is 13.1 Å². The number of hydrogen-bond donors (Lipinski definition) is 2. The number of likely N-dealkylation sites (tertiary alicyclic amines) is 1. The minimum absolute atomic E-state index is 0.0402. The first kappa shape index (κ1) is 22.8. The summed E-state index contributed by atoms with van der Waals surface area (Å²) in [5.41, 5.74) is 4.36. The zero-order chi connectivity index (χ0) is 24.4. The Morgan fingerprint density at radius 3 is 2.49 bits per heavy atom. The largest absolute Gasteiger partial charge is 0.494 e. The molecular weight excluding hydrogens is 440 g/mol.